The van der Waals surface area contributed by atoms with Crippen molar-refractivity contribution in [3.05, 3.63) is 70.5 Å². The van der Waals surface area contributed by atoms with E-state index in [1.807, 2.05) is 45.8 Å². The summed E-state index contributed by atoms with van der Waals surface area (Å²) in [7, 11) is 0. The van der Waals surface area contributed by atoms with Crippen molar-refractivity contribution in [2.24, 2.45) is 0 Å². The van der Waals surface area contributed by atoms with Gasteiger partial charge in [0.15, 0.2) is 0 Å². The molecule has 0 fully saturated rings. The summed E-state index contributed by atoms with van der Waals surface area (Å²) in [5.74, 6) is -0.125. The van der Waals surface area contributed by atoms with Crippen molar-refractivity contribution >= 4 is 45.9 Å². The van der Waals surface area contributed by atoms with Crippen LogP contribution in [0.25, 0.3) is 15.6 Å². The van der Waals surface area contributed by atoms with Crippen LogP contribution < -0.4 is 5.32 Å². The highest BCUT2D eigenvalue weighted by atomic mass is 35.5. The van der Waals surface area contributed by atoms with E-state index >= 15 is 0 Å². The van der Waals surface area contributed by atoms with Crippen LogP contribution in [-0.4, -0.2) is 20.4 Å². The fourth-order valence-electron chi connectivity index (χ4n) is 2.47. The van der Waals surface area contributed by atoms with Crippen LogP contribution in [0.1, 0.15) is 5.69 Å². The Kier molecular flexibility index (Phi) is 4.83. The van der Waals surface area contributed by atoms with Crippen molar-refractivity contribution in [2.45, 2.75) is 6.42 Å². The third-order valence-electron chi connectivity index (χ3n) is 3.64. The van der Waals surface area contributed by atoms with E-state index in [9.17, 15) is 4.79 Å². The molecule has 1 aromatic carbocycles. The SMILES string of the molecule is O=C(Cc1csc(-c2cccs2)n1)Nc1ccc(-n2ccnc2)c(Cl)c1. The third kappa shape index (κ3) is 3.70. The number of nitrogens with one attached hydrogen (secondary N) is 1. The first-order chi connectivity index (χ1) is 12.7. The summed E-state index contributed by atoms with van der Waals surface area (Å²) in [5, 5.41) is 8.28. The lowest BCUT2D eigenvalue weighted by molar-refractivity contribution is -0.115. The van der Waals surface area contributed by atoms with E-state index in [4.69, 9.17) is 11.6 Å². The maximum atomic E-state index is 12.3. The molecular weight excluding hydrogens is 388 g/mol. The van der Waals surface area contributed by atoms with E-state index in [0.29, 0.717) is 10.7 Å². The Bertz CT molecular complexity index is 1030. The summed E-state index contributed by atoms with van der Waals surface area (Å²) in [6.45, 7) is 0. The molecule has 0 aliphatic heterocycles. The first-order valence-corrected chi connectivity index (χ1v) is 9.89. The summed E-state index contributed by atoms with van der Waals surface area (Å²) in [6, 6.07) is 9.41. The molecule has 1 amide bonds. The van der Waals surface area contributed by atoms with E-state index < -0.39 is 0 Å². The van der Waals surface area contributed by atoms with Gasteiger partial charge >= 0.3 is 0 Å². The summed E-state index contributed by atoms with van der Waals surface area (Å²) in [4.78, 5) is 22.0. The lowest BCUT2D eigenvalue weighted by atomic mass is 10.2. The number of hydrogen-bond donors (Lipinski definition) is 1. The molecule has 0 aliphatic rings. The summed E-state index contributed by atoms with van der Waals surface area (Å²) in [5.41, 5.74) is 2.22. The Morgan fingerprint density at radius 3 is 2.92 bits per heavy atom. The van der Waals surface area contributed by atoms with Crippen molar-refractivity contribution in [1.82, 2.24) is 14.5 Å². The zero-order valence-electron chi connectivity index (χ0n) is 13.4. The molecule has 0 unspecified atom stereocenters. The Labute approximate surface area is 162 Å². The average Bonchev–Trinajstić information content (AvgIpc) is 3.37. The number of nitrogens with zero attached hydrogens (tertiary/aromatic N) is 3. The highest BCUT2D eigenvalue weighted by Crippen LogP contribution is 2.28. The number of halogens is 1. The van der Waals surface area contributed by atoms with Crippen LogP contribution in [0.15, 0.2) is 59.8 Å². The molecule has 3 heterocycles. The number of carbonyl (C=O) groups excluding carboxylic acids is 1. The van der Waals surface area contributed by atoms with Crippen LogP contribution in [0, 0.1) is 0 Å². The Morgan fingerprint density at radius 1 is 1.27 bits per heavy atom. The normalized spacial score (nSPS) is 10.8. The minimum atomic E-state index is -0.125. The first kappa shape index (κ1) is 17.0. The Morgan fingerprint density at radius 2 is 2.19 bits per heavy atom. The molecule has 4 rings (SSSR count). The Hall–Kier alpha value is -2.48. The smallest absolute Gasteiger partial charge is 0.230 e. The fourth-order valence-corrected chi connectivity index (χ4v) is 4.38. The van der Waals surface area contributed by atoms with Gasteiger partial charge in [-0.25, -0.2) is 9.97 Å². The second kappa shape index (κ2) is 7.41. The van der Waals surface area contributed by atoms with E-state index in [2.05, 4.69) is 15.3 Å². The van der Waals surface area contributed by atoms with E-state index in [1.165, 1.54) is 0 Å². The van der Waals surface area contributed by atoms with Gasteiger partial charge < -0.3 is 9.88 Å². The third-order valence-corrected chi connectivity index (χ3v) is 5.87. The van der Waals surface area contributed by atoms with E-state index in [0.717, 1.165) is 21.3 Å². The quantitative estimate of drug-likeness (QED) is 0.518. The zero-order chi connectivity index (χ0) is 17.9. The maximum Gasteiger partial charge on any atom is 0.230 e. The Balaban J connectivity index is 1.43. The number of thiazole rings is 1. The van der Waals surface area contributed by atoms with Gasteiger partial charge in [-0.15, -0.1) is 22.7 Å². The molecular formula is C18H13ClN4OS2. The van der Waals surface area contributed by atoms with Gasteiger partial charge in [0, 0.05) is 23.5 Å². The largest absolute Gasteiger partial charge is 0.326 e. The molecule has 26 heavy (non-hydrogen) atoms. The first-order valence-electron chi connectivity index (χ1n) is 7.75. The monoisotopic (exact) mass is 400 g/mol. The van der Waals surface area contributed by atoms with Gasteiger partial charge in [-0.05, 0) is 29.6 Å². The van der Waals surface area contributed by atoms with Crippen molar-refractivity contribution in [3.63, 3.8) is 0 Å². The van der Waals surface area contributed by atoms with Crippen molar-refractivity contribution in [1.29, 1.82) is 0 Å². The average molecular weight is 401 g/mol. The van der Waals surface area contributed by atoms with Crippen molar-refractivity contribution in [3.8, 4) is 15.6 Å². The van der Waals surface area contributed by atoms with Crippen molar-refractivity contribution in [2.75, 3.05) is 5.32 Å². The molecule has 0 spiro atoms. The van der Waals surface area contributed by atoms with E-state index in [1.54, 1.807) is 41.3 Å². The van der Waals surface area contributed by atoms with Gasteiger partial charge in [0.25, 0.3) is 0 Å². The van der Waals surface area contributed by atoms with E-state index in [-0.39, 0.29) is 12.3 Å². The molecule has 4 aromatic rings. The molecule has 3 aromatic heterocycles. The van der Waals surface area contributed by atoms with Crippen LogP contribution in [0.3, 0.4) is 0 Å². The second-order valence-electron chi connectivity index (χ2n) is 5.48. The number of carbonyl (C=O) groups is 1. The number of anilines is 1. The molecule has 8 heteroatoms. The number of imidazole rings is 1. The maximum absolute atomic E-state index is 12.3. The van der Waals surface area contributed by atoms with Crippen LogP contribution >= 0.6 is 34.3 Å². The highest BCUT2D eigenvalue weighted by Gasteiger charge is 2.11. The van der Waals surface area contributed by atoms with Gasteiger partial charge in [0.1, 0.15) is 5.01 Å². The topological polar surface area (TPSA) is 59.8 Å². The lowest BCUT2D eigenvalue weighted by Crippen LogP contribution is -2.14. The minimum absolute atomic E-state index is 0.125. The zero-order valence-corrected chi connectivity index (χ0v) is 15.8. The number of aromatic nitrogens is 3. The molecule has 1 N–H and O–H groups in total. The molecule has 130 valence electrons. The van der Waals surface area contributed by atoms with Gasteiger partial charge in [-0.2, -0.15) is 0 Å². The molecule has 0 bridgehead atoms. The fraction of sp³-hybridized carbons (Fsp3) is 0.0556. The van der Waals surface area contributed by atoms with Gasteiger partial charge in [-0.1, -0.05) is 17.7 Å². The van der Waals surface area contributed by atoms with Gasteiger partial charge in [-0.3, -0.25) is 4.79 Å². The number of rotatable bonds is 5. The molecule has 0 saturated heterocycles. The van der Waals surface area contributed by atoms with Crippen LogP contribution in [0.5, 0.6) is 0 Å². The van der Waals surface area contributed by atoms with Crippen LogP contribution in [-0.2, 0) is 11.2 Å². The minimum Gasteiger partial charge on any atom is -0.326 e. The second-order valence-corrected chi connectivity index (χ2v) is 7.70. The predicted octanol–water partition coefficient (Wildman–Crippen LogP) is 4.89. The summed E-state index contributed by atoms with van der Waals surface area (Å²) in [6.07, 6.45) is 5.40. The standard InChI is InChI=1S/C18H13ClN4OS2/c19-14-8-12(3-4-15(14)23-6-5-20-11-23)21-17(24)9-13-10-26-18(22-13)16-2-1-7-25-16/h1-8,10-11H,9H2,(H,21,24). The molecule has 0 aliphatic carbocycles. The summed E-state index contributed by atoms with van der Waals surface area (Å²) < 4.78 is 1.81. The van der Waals surface area contributed by atoms with Gasteiger partial charge in [0.2, 0.25) is 5.91 Å². The van der Waals surface area contributed by atoms with Crippen LogP contribution in [0.4, 0.5) is 5.69 Å². The van der Waals surface area contributed by atoms with Crippen molar-refractivity contribution < 1.29 is 4.79 Å². The number of amides is 1. The molecule has 0 saturated carbocycles. The molecule has 5 nitrogen and oxygen atoms in total. The number of hydrogen-bond acceptors (Lipinski definition) is 5. The highest BCUT2D eigenvalue weighted by molar-refractivity contribution is 7.20. The number of benzene rings is 1. The number of thiophene rings is 1. The summed E-state index contributed by atoms with van der Waals surface area (Å²) >= 11 is 9.50. The van der Waals surface area contributed by atoms with Crippen LogP contribution in [0.2, 0.25) is 5.02 Å². The van der Waals surface area contributed by atoms with Gasteiger partial charge in [0.05, 0.1) is 34.0 Å². The molecule has 0 radical (unpaired) electrons. The molecule has 0 atom stereocenters. The lowest BCUT2D eigenvalue weighted by Gasteiger charge is -2.09. The predicted molar refractivity (Wildman–Crippen MR) is 106 cm³/mol.